The molecule has 1 aliphatic rings. The van der Waals surface area contributed by atoms with Crippen molar-refractivity contribution >= 4 is 23.6 Å². The Morgan fingerprint density at radius 3 is 2.81 bits per heavy atom. The minimum absolute atomic E-state index is 0.0573. The first-order valence-electron chi connectivity index (χ1n) is 5.94. The van der Waals surface area contributed by atoms with Gasteiger partial charge in [0.1, 0.15) is 0 Å². The first-order chi connectivity index (χ1) is 10.1. The van der Waals surface area contributed by atoms with E-state index < -0.39 is 10.9 Å². The number of carbonyl (C=O) groups is 1. The van der Waals surface area contributed by atoms with Gasteiger partial charge in [-0.3, -0.25) is 10.1 Å². The third kappa shape index (κ3) is 2.57. The monoisotopic (exact) mass is 284 g/mol. The number of aliphatic imine (C=N–C) groups is 1. The highest BCUT2D eigenvalue weighted by Crippen LogP contribution is 2.21. The van der Waals surface area contributed by atoms with Crippen LogP contribution in [0.1, 0.15) is 11.3 Å². The second kappa shape index (κ2) is 5.04. The molecular formula is C14H8N2O5. The van der Waals surface area contributed by atoms with E-state index in [-0.39, 0.29) is 17.3 Å². The number of cyclic esters (lactones) is 1. The highest BCUT2D eigenvalue weighted by Gasteiger charge is 2.25. The van der Waals surface area contributed by atoms with Gasteiger partial charge in [-0.15, -0.1) is 0 Å². The van der Waals surface area contributed by atoms with Gasteiger partial charge in [-0.2, -0.15) is 0 Å². The highest BCUT2D eigenvalue weighted by molar-refractivity contribution is 6.11. The van der Waals surface area contributed by atoms with Crippen LogP contribution in [0.3, 0.4) is 0 Å². The fraction of sp³-hybridized carbons (Fsp3) is 0. The SMILES string of the molecule is O=C1OC(c2ccco2)=NC1=Cc1cccc([N+](=O)[O-])c1. The van der Waals surface area contributed by atoms with Crippen LogP contribution in [0.5, 0.6) is 0 Å². The number of carbonyl (C=O) groups excluding carboxylic acids is 1. The number of hydrogen-bond acceptors (Lipinski definition) is 6. The van der Waals surface area contributed by atoms with E-state index in [4.69, 9.17) is 9.15 Å². The molecule has 2 aromatic rings. The molecule has 0 spiro atoms. The Morgan fingerprint density at radius 1 is 1.24 bits per heavy atom. The third-order valence-electron chi connectivity index (χ3n) is 2.74. The molecule has 7 nitrogen and oxygen atoms in total. The van der Waals surface area contributed by atoms with Gasteiger partial charge in [0, 0.05) is 12.1 Å². The molecule has 1 aromatic heterocycles. The summed E-state index contributed by atoms with van der Waals surface area (Å²) in [4.78, 5) is 26.0. The number of nitro groups is 1. The zero-order valence-electron chi connectivity index (χ0n) is 10.6. The van der Waals surface area contributed by atoms with Crippen LogP contribution in [0, 0.1) is 10.1 Å². The van der Waals surface area contributed by atoms with Crippen molar-refractivity contribution in [2.45, 2.75) is 0 Å². The molecule has 0 atom stereocenters. The summed E-state index contributed by atoms with van der Waals surface area (Å²) in [6.07, 6.45) is 2.86. The maximum atomic E-state index is 11.7. The molecule has 0 amide bonds. The van der Waals surface area contributed by atoms with Crippen molar-refractivity contribution in [3.63, 3.8) is 0 Å². The van der Waals surface area contributed by atoms with Gasteiger partial charge in [-0.05, 0) is 23.8 Å². The molecule has 0 unspecified atom stereocenters. The van der Waals surface area contributed by atoms with Gasteiger partial charge >= 0.3 is 5.97 Å². The molecule has 104 valence electrons. The van der Waals surface area contributed by atoms with Gasteiger partial charge in [0.2, 0.25) is 0 Å². The van der Waals surface area contributed by atoms with Gasteiger partial charge in [0.15, 0.2) is 11.5 Å². The average Bonchev–Trinajstić information content (AvgIpc) is 3.10. The lowest BCUT2D eigenvalue weighted by Gasteiger charge is -1.95. The second-order valence-corrected chi connectivity index (χ2v) is 4.17. The lowest BCUT2D eigenvalue weighted by Crippen LogP contribution is -2.04. The molecule has 0 saturated carbocycles. The summed E-state index contributed by atoms with van der Waals surface area (Å²) < 4.78 is 10.1. The number of esters is 1. The highest BCUT2D eigenvalue weighted by atomic mass is 16.6. The van der Waals surface area contributed by atoms with Gasteiger partial charge in [-0.1, -0.05) is 12.1 Å². The van der Waals surface area contributed by atoms with Crippen LogP contribution in [0.15, 0.2) is 57.8 Å². The quantitative estimate of drug-likeness (QED) is 0.373. The molecule has 7 heteroatoms. The summed E-state index contributed by atoms with van der Waals surface area (Å²) >= 11 is 0. The lowest BCUT2D eigenvalue weighted by molar-refractivity contribution is -0.384. The maximum Gasteiger partial charge on any atom is 0.363 e. The van der Waals surface area contributed by atoms with Gasteiger partial charge in [-0.25, -0.2) is 9.79 Å². The Hall–Kier alpha value is -3.22. The largest absolute Gasteiger partial charge is 0.459 e. The normalized spacial score (nSPS) is 15.9. The van der Waals surface area contributed by atoms with E-state index in [1.807, 2.05) is 0 Å². The summed E-state index contributed by atoms with van der Waals surface area (Å²) in [5.74, 6) is -0.222. The van der Waals surface area contributed by atoms with Crippen molar-refractivity contribution in [3.05, 3.63) is 69.8 Å². The molecule has 0 bridgehead atoms. The minimum Gasteiger partial charge on any atom is -0.459 e. The fourth-order valence-corrected chi connectivity index (χ4v) is 1.80. The molecule has 0 saturated heterocycles. The van der Waals surface area contributed by atoms with Gasteiger partial charge in [0.25, 0.3) is 11.6 Å². The van der Waals surface area contributed by atoms with Gasteiger partial charge in [0.05, 0.1) is 11.2 Å². The summed E-state index contributed by atoms with van der Waals surface area (Å²) in [6.45, 7) is 0. The summed E-state index contributed by atoms with van der Waals surface area (Å²) in [5, 5.41) is 10.7. The number of benzene rings is 1. The molecular weight excluding hydrogens is 276 g/mol. The first kappa shape index (κ1) is 12.8. The molecule has 21 heavy (non-hydrogen) atoms. The number of nitrogens with zero attached hydrogens (tertiary/aromatic N) is 2. The topological polar surface area (TPSA) is 94.9 Å². The Morgan fingerprint density at radius 2 is 2.10 bits per heavy atom. The summed E-state index contributed by atoms with van der Waals surface area (Å²) in [6, 6.07) is 9.14. The van der Waals surface area contributed by atoms with Crippen LogP contribution in [0.25, 0.3) is 6.08 Å². The molecule has 0 radical (unpaired) electrons. The molecule has 0 N–H and O–H groups in total. The molecule has 1 aliphatic heterocycles. The zero-order chi connectivity index (χ0) is 14.8. The van der Waals surface area contributed by atoms with Crippen molar-refractivity contribution in [2.24, 2.45) is 4.99 Å². The van der Waals surface area contributed by atoms with E-state index in [0.717, 1.165) is 0 Å². The Labute approximate surface area is 118 Å². The first-order valence-corrected chi connectivity index (χ1v) is 5.94. The Bertz CT molecular complexity index is 774. The van der Waals surface area contributed by atoms with Crippen LogP contribution >= 0.6 is 0 Å². The predicted molar refractivity (Wildman–Crippen MR) is 72.4 cm³/mol. The molecule has 1 aromatic carbocycles. The number of rotatable bonds is 3. The second-order valence-electron chi connectivity index (χ2n) is 4.17. The third-order valence-corrected chi connectivity index (χ3v) is 2.74. The van der Waals surface area contributed by atoms with Gasteiger partial charge < -0.3 is 9.15 Å². The molecule has 0 fully saturated rings. The number of ether oxygens (including phenoxy) is 1. The number of hydrogen-bond donors (Lipinski definition) is 0. The van der Waals surface area contributed by atoms with E-state index >= 15 is 0 Å². The van der Waals surface area contributed by atoms with E-state index in [1.54, 1.807) is 18.2 Å². The smallest absolute Gasteiger partial charge is 0.363 e. The van der Waals surface area contributed by atoms with Crippen molar-refractivity contribution in [3.8, 4) is 0 Å². The van der Waals surface area contributed by atoms with Crippen LogP contribution in [-0.2, 0) is 9.53 Å². The average molecular weight is 284 g/mol. The van der Waals surface area contributed by atoms with Crippen molar-refractivity contribution in [1.29, 1.82) is 0 Å². The molecule has 2 heterocycles. The van der Waals surface area contributed by atoms with Crippen molar-refractivity contribution in [1.82, 2.24) is 0 Å². The predicted octanol–water partition coefficient (Wildman–Crippen LogP) is 2.53. The summed E-state index contributed by atoms with van der Waals surface area (Å²) in [7, 11) is 0. The zero-order valence-corrected chi connectivity index (χ0v) is 10.6. The van der Waals surface area contributed by atoms with Crippen LogP contribution < -0.4 is 0 Å². The van der Waals surface area contributed by atoms with Crippen LogP contribution in [0.2, 0.25) is 0 Å². The maximum absolute atomic E-state index is 11.7. The molecule has 0 aliphatic carbocycles. The fourth-order valence-electron chi connectivity index (χ4n) is 1.80. The van der Waals surface area contributed by atoms with E-state index in [0.29, 0.717) is 11.3 Å². The standard InChI is InChI=1S/C14H8N2O5/c17-14-11(15-13(21-14)12-5-2-6-20-12)8-9-3-1-4-10(7-9)16(18)19/h1-8H. The number of nitro benzene ring substituents is 1. The lowest BCUT2D eigenvalue weighted by atomic mass is 10.2. The Kier molecular flexibility index (Phi) is 3.07. The van der Waals surface area contributed by atoms with Crippen LogP contribution in [-0.4, -0.2) is 16.8 Å². The van der Waals surface area contributed by atoms with E-state index in [2.05, 4.69) is 4.99 Å². The van der Waals surface area contributed by atoms with E-state index in [1.165, 1.54) is 30.5 Å². The minimum atomic E-state index is -0.632. The Balaban J connectivity index is 1.94. The van der Waals surface area contributed by atoms with Crippen LogP contribution in [0.4, 0.5) is 5.69 Å². The van der Waals surface area contributed by atoms with Crippen molar-refractivity contribution < 1.29 is 18.9 Å². The number of furan rings is 1. The summed E-state index contributed by atoms with van der Waals surface area (Å²) in [5.41, 5.74) is 0.480. The van der Waals surface area contributed by atoms with Crippen molar-refractivity contribution in [2.75, 3.05) is 0 Å². The number of non-ortho nitro benzene ring substituents is 1. The molecule has 3 rings (SSSR count). The van der Waals surface area contributed by atoms with E-state index in [9.17, 15) is 14.9 Å².